The van der Waals surface area contributed by atoms with Gasteiger partial charge in [-0.15, -0.1) is 11.3 Å². The lowest BCUT2D eigenvalue weighted by atomic mass is 10.5. The molecule has 0 aliphatic heterocycles. The van der Waals surface area contributed by atoms with E-state index in [0.717, 1.165) is 11.3 Å². The SMILES string of the molecule is COC(Cl)c1ncc(C(N)=O)s1. The summed E-state index contributed by atoms with van der Waals surface area (Å²) in [5.74, 6) is -0.501. The summed E-state index contributed by atoms with van der Waals surface area (Å²) >= 11 is 6.81. The summed E-state index contributed by atoms with van der Waals surface area (Å²) < 4.78 is 4.79. The van der Waals surface area contributed by atoms with Crippen LogP contribution in [0.15, 0.2) is 6.20 Å². The van der Waals surface area contributed by atoms with Gasteiger partial charge in [0.05, 0.1) is 6.20 Å². The minimum absolute atomic E-state index is 0.382. The minimum atomic E-state index is -0.608. The number of carbonyl (C=O) groups is 1. The molecule has 0 aliphatic rings. The van der Waals surface area contributed by atoms with Gasteiger partial charge in [-0.2, -0.15) is 0 Å². The zero-order valence-electron chi connectivity index (χ0n) is 6.28. The van der Waals surface area contributed by atoms with Gasteiger partial charge in [0.15, 0.2) is 5.56 Å². The van der Waals surface area contributed by atoms with E-state index in [1.54, 1.807) is 0 Å². The van der Waals surface area contributed by atoms with Crippen LogP contribution in [-0.4, -0.2) is 18.0 Å². The number of hydrogen-bond donors (Lipinski definition) is 1. The number of primary amides is 1. The van der Waals surface area contributed by atoms with Crippen molar-refractivity contribution < 1.29 is 9.53 Å². The lowest BCUT2D eigenvalue weighted by Crippen LogP contribution is -2.08. The second-order valence-corrected chi connectivity index (χ2v) is 3.44. The number of alkyl halides is 1. The summed E-state index contributed by atoms with van der Waals surface area (Å²) in [5.41, 5.74) is 4.41. The van der Waals surface area contributed by atoms with Crippen LogP contribution in [-0.2, 0) is 4.74 Å². The molecule has 1 unspecified atom stereocenters. The van der Waals surface area contributed by atoms with Gasteiger partial charge in [0.1, 0.15) is 9.88 Å². The van der Waals surface area contributed by atoms with Crippen LogP contribution in [0.4, 0.5) is 0 Å². The maximum atomic E-state index is 10.6. The van der Waals surface area contributed by atoms with E-state index < -0.39 is 11.5 Å². The molecule has 0 saturated carbocycles. The highest BCUT2D eigenvalue weighted by Crippen LogP contribution is 2.25. The maximum absolute atomic E-state index is 10.6. The smallest absolute Gasteiger partial charge is 0.260 e. The lowest BCUT2D eigenvalue weighted by molar-refractivity contribution is 0.100. The van der Waals surface area contributed by atoms with Crippen molar-refractivity contribution in [1.29, 1.82) is 0 Å². The summed E-state index contributed by atoms with van der Waals surface area (Å²) in [6, 6.07) is 0. The molecule has 2 N–H and O–H groups in total. The van der Waals surface area contributed by atoms with Crippen LogP contribution in [0.2, 0.25) is 0 Å². The molecule has 12 heavy (non-hydrogen) atoms. The maximum Gasteiger partial charge on any atom is 0.260 e. The van der Waals surface area contributed by atoms with Crippen LogP contribution in [0.3, 0.4) is 0 Å². The van der Waals surface area contributed by atoms with E-state index in [1.807, 2.05) is 0 Å². The number of methoxy groups -OCH3 is 1. The molecule has 4 nitrogen and oxygen atoms in total. The summed E-state index contributed by atoms with van der Waals surface area (Å²) in [6.45, 7) is 0. The molecule has 1 aromatic rings. The van der Waals surface area contributed by atoms with Crippen molar-refractivity contribution in [3.63, 3.8) is 0 Å². The first-order chi connectivity index (χ1) is 5.65. The van der Waals surface area contributed by atoms with E-state index in [2.05, 4.69) is 4.98 Å². The Bertz CT molecular complexity index is 289. The fourth-order valence-corrected chi connectivity index (χ4v) is 1.52. The number of carbonyl (C=O) groups excluding carboxylic acids is 1. The number of amides is 1. The molecule has 1 rings (SSSR count). The predicted molar refractivity (Wildman–Crippen MR) is 46.2 cm³/mol. The van der Waals surface area contributed by atoms with Gasteiger partial charge < -0.3 is 10.5 Å². The Balaban J connectivity index is 2.84. The van der Waals surface area contributed by atoms with Gasteiger partial charge in [0.25, 0.3) is 5.91 Å². The molecule has 0 fully saturated rings. The van der Waals surface area contributed by atoms with Gasteiger partial charge in [-0.05, 0) is 0 Å². The number of nitrogens with zero attached hydrogens (tertiary/aromatic N) is 1. The first-order valence-electron chi connectivity index (χ1n) is 3.07. The van der Waals surface area contributed by atoms with E-state index in [0.29, 0.717) is 9.88 Å². The van der Waals surface area contributed by atoms with Crippen LogP contribution in [0, 0.1) is 0 Å². The Morgan fingerprint density at radius 1 is 1.92 bits per heavy atom. The van der Waals surface area contributed by atoms with Gasteiger partial charge in [0, 0.05) is 7.11 Å². The van der Waals surface area contributed by atoms with E-state index in [9.17, 15) is 4.79 Å². The molecule has 0 aliphatic carbocycles. The van der Waals surface area contributed by atoms with Gasteiger partial charge in [-0.3, -0.25) is 4.79 Å². The Morgan fingerprint density at radius 3 is 3.00 bits per heavy atom. The number of thiazole rings is 1. The molecule has 0 saturated heterocycles. The fraction of sp³-hybridized carbons (Fsp3) is 0.333. The molecular weight excluding hydrogens is 200 g/mol. The number of halogens is 1. The summed E-state index contributed by atoms with van der Waals surface area (Å²) in [5, 5.41) is 0.535. The molecule has 6 heteroatoms. The molecule has 66 valence electrons. The van der Waals surface area contributed by atoms with Gasteiger partial charge in [-0.25, -0.2) is 4.98 Å². The molecule has 0 spiro atoms. The van der Waals surface area contributed by atoms with Crippen LogP contribution in [0.1, 0.15) is 20.2 Å². The van der Waals surface area contributed by atoms with E-state index in [-0.39, 0.29) is 0 Å². The summed E-state index contributed by atoms with van der Waals surface area (Å²) in [4.78, 5) is 14.9. The van der Waals surface area contributed by atoms with Crippen LogP contribution < -0.4 is 5.73 Å². The number of hydrogen-bond acceptors (Lipinski definition) is 4. The van der Waals surface area contributed by atoms with E-state index in [1.165, 1.54) is 13.3 Å². The summed E-state index contributed by atoms with van der Waals surface area (Å²) in [6.07, 6.45) is 1.39. The third-order valence-corrected chi connectivity index (χ3v) is 2.74. The average Bonchev–Trinajstić information content (AvgIpc) is 2.51. The molecule has 0 radical (unpaired) electrons. The van der Waals surface area contributed by atoms with Crippen molar-refractivity contribution in [3.05, 3.63) is 16.1 Å². The Hall–Kier alpha value is -0.650. The Labute approximate surface area is 78.3 Å². The van der Waals surface area contributed by atoms with Gasteiger partial charge in [-0.1, -0.05) is 11.6 Å². The number of ether oxygens (including phenoxy) is 1. The molecule has 1 aromatic heterocycles. The molecule has 1 amide bonds. The van der Waals surface area contributed by atoms with Crippen LogP contribution in [0.25, 0.3) is 0 Å². The fourth-order valence-electron chi connectivity index (χ4n) is 0.607. The Kier molecular flexibility index (Phi) is 3.02. The standard InChI is InChI=1S/C6H7ClN2O2S/c1-11-4(7)6-9-2-3(12-6)5(8)10/h2,4H,1H3,(H2,8,10). The van der Waals surface area contributed by atoms with Gasteiger partial charge in [0.2, 0.25) is 0 Å². The summed E-state index contributed by atoms with van der Waals surface area (Å²) in [7, 11) is 1.46. The third kappa shape index (κ3) is 1.94. The van der Waals surface area contributed by atoms with E-state index in [4.69, 9.17) is 22.1 Å². The van der Waals surface area contributed by atoms with E-state index >= 15 is 0 Å². The highest BCUT2D eigenvalue weighted by molar-refractivity contribution is 7.13. The second-order valence-electron chi connectivity index (χ2n) is 1.98. The zero-order chi connectivity index (χ0) is 9.14. The number of nitrogens with two attached hydrogens (primary N) is 1. The topological polar surface area (TPSA) is 65.2 Å². The first kappa shape index (κ1) is 9.44. The van der Waals surface area contributed by atoms with Crippen LogP contribution in [0.5, 0.6) is 0 Å². The minimum Gasteiger partial charge on any atom is -0.365 e. The van der Waals surface area contributed by atoms with Crippen molar-refractivity contribution in [2.75, 3.05) is 7.11 Å². The molecule has 1 atom stereocenters. The largest absolute Gasteiger partial charge is 0.365 e. The molecule has 0 aromatic carbocycles. The number of rotatable bonds is 3. The van der Waals surface area contributed by atoms with Gasteiger partial charge >= 0.3 is 0 Å². The third-order valence-electron chi connectivity index (χ3n) is 1.17. The van der Waals surface area contributed by atoms with Crippen molar-refractivity contribution in [2.45, 2.75) is 5.56 Å². The van der Waals surface area contributed by atoms with Crippen molar-refractivity contribution in [2.24, 2.45) is 5.73 Å². The van der Waals surface area contributed by atoms with Crippen molar-refractivity contribution >= 4 is 28.8 Å². The Morgan fingerprint density at radius 2 is 2.58 bits per heavy atom. The first-order valence-corrected chi connectivity index (χ1v) is 4.33. The lowest BCUT2D eigenvalue weighted by Gasteiger charge is -2.00. The molecule has 1 heterocycles. The molecule has 0 bridgehead atoms. The van der Waals surface area contributed by atoms with Crippen molar-refractivity contribution in [1.82, 2.24) is 4.98 Å². The average molecular weight is 207 g/mol. The molecular formula is C6H7ClN2O2S. The van der Waals surface area contributed by atoms with Crippen molar-refractivity contribution in [3.8, 4) is 0 Å². The second kappa shape index (κ2) is 3.84. The number of aromatic nitrogens is 1. The predicted octanol–water partition coefficient (Wildman–Crippen LogP) is 1.13. The quantitative estimate of drug-likeness (QED) is 0.754. The zero-order valence-corrected chi connectivity index (χ0v) is 7.85. The monoisotopic (exact) mass is 206 g/mol. The normalized spacial score (nSPS) is 12.8. The highest BCUT2D eigenvalue weighted by Gasteiger charge is 2.13. The highest BCUT2D eigenvalue weighted by atomic mass is 35.5. The van der Waals surface area contributed by atoms with Crippen LogP contribution >= 0.6 is 22.9 Å².